The van der Waals surface area contributed by atoms with Gasteiger partial charge in [-0.15, -0.1) is 0 Å². The van der Waals surface area contributed by atoms with Gasteiger partial charge >= 0.3 is 5.97 Å². The molecule has 0 radical (unpaired) electrons. The first-order valence-corrected chi connectivity index (χ1v) is 23.8. The molecule has 5 aliphatic heterocycles. The quantitative estimate of drug-likeness (QED) is 0.119. The highest BCUT2D eigenvalue weighted by Gasteiger charge is 2.67. The SMILES string of the molecule is CC=C(CCNC)C(=O)O[C@H]1CC2C(O)C3C(=O)CC(CO)OC3C3C2O[C@@]1(C)[C@H](CC1CCC(N)NC1)CC1CCC2CCC(O)CC2C(CO)C3C2CCNC(N)C12. The van der Waals surface area contributed by atoms with Crippen LogP contribution in [0.1, 0.15) is 97.3 Å². The van der Waals surface area contributed by atoms with Gasteiger partial charge in [-0.1, -0.05) is 6.08 Å². The topological polar surface area (TPSA) is 231 Å². The normalized spacial score (nSPS) is 49.6. The minimum Gasteiger partial charge on any atom is -0.456 e. The summed E-state index contributed by atoms with van der Waals surface area (Å²) in [7, 11) is 1.86. The lowest BCUT2D eigenvalue weighted by atomic mass is 9.50. The summed E-state index contributed by atoms with van der Waals surface area (Å²) >= 11 is 0. The van der Waals surface area contributed by atoms with Gasteiger partial charge in [0.25, 0.3) is 0 Å². The van der Waals surface area contributed by atoms with E-state index >= 15 is 0 Å². The van der Waals surface area contributed by atoms with Crippen molar-refractivity contribution in [3.8, 4) is 0 Å². The van der Waals surface area contributed by atoms with Gasteiger partial charge in [0, 0.05) is 30.4 Å². The minimum atomic E-state index is -1.13. The number of hydrogen-bond donors (Lipinski definition) is 9. The molecule has 3 saturated carbocycles. The molecule has 3 aliphatic carbocycles. The first-order chi connectivity index (χ1) is 28.9. The Kier molecular flexibility index (Phi) is 14.2. The zero-order valence-corrected chi connectivity index (χ0v) is 36.3. The number of ketones is 1. The standard InChI is InChI=1S/C46H77N5O9/c1-4-24(11-13-49-3)45(57)59-35-19-32-41(56)39-34(55)18-29(21-52)58-43(39)40-38-30-12-14-50-44(48)37(30)26(7-6-25-8-9-28(54)17-31(25)33(38)22-53)16-27(46(35,2)60-42(32)40)15-23-5-10-36(47)51-20-23/h4,23,25-33,35-44,49-54,56H,5-22,47-48H2,1-3H3/t23?,25?,26?,27-,28?,29?,30?,31?,32?,33?,35+,36?,37?,38?,39?,40?,41?,42?,43?,44?,46+/m1/s1. The van der Waals surface area contributed by atoms with Crippen LogP contribution in [-0.2, 0) is 23.8 Å². The number of Topliss-reactive ketones (excluding diaryl/α,β-unsaturated/α-hetero) is 1. The van der Waals surface area contributed by atoms with Crippen LogP contribution in [0.2, 0.25) is 0 Å². The van der Waals surface area contributed by atoms with Crippen molar-refractivity contribution in [3.05, 3.63) is 11.6 Å². The summed E-state index contributed by atoms with van der Waals surface area (Å²) in [5.74, 6) is -2.02. The molecule has 5 saturated heterocycles. The van der Waals surface area contributed by atoms with Crippen molar-refractivity contribution in [1.29, 1.82) is 0 Å². The number of ether oxygens (including phenoxy) is 3. The lowest BCUT2D eigenvalue weighted by molar-refractivity contribution is -0.311. The molecule has 4 bridgehead atoms. The summed E-state index contributed by atoms with van der Waals surface area (Å²) in [6.45, 7) is 5.70. The maximum Gasteiger partial charge on any atom is 0.334 e. The molecule has 0 aromatic carbocycles. The Balaban J connectivity index is 1.33. The third-order valence-corrected chi connectivity index (χ3v) is 17.7. The van der Waals surface area contributed by atoms with Crippen LogP contribution in [0.15, 0.2) is 11.6 Å². The number of piperidine rings is 2. The third kappa shape index (κ3) is 8.43. The molecule has 8 aliphatic rings. The summed E-state index contributed by atoms with van der Waals surface area (Å²) < 4.78 is 21.4. The summed E-state index contributed by atoms with van der Waals surface area (Å²) in [6.07, 6.45) is 6.33. The second-order valence-electron chi connectivity index (χ2n) is 20.7. The fraction of sp³-hybridized carbons (Fsp3) is 0.913. The van der Waals surface area contributed by atoms with Crippen LogP contribution in [0, 0.1) is 71.0 Å². The molecule has 5 heterocycles. The van der Waals surface area contributed by atoms with Gasteiger partial charge in [-0.2, -0.15) is 0 Å². The lowest BCUT2D eigenvalue weighted by Gasteiger charge is -2.63. The van der Waals surface area contributed by atoms with E-state index in [0.29, 0.717) is 49.8 Å². The first-order valence-electron chi connectivity index (χ1n) is 23.8. The van der Waals surface area contributed by atoms with Crippen molar-refractivity contribution < 1.29 is 44.2 Å². The van der Waals surface area contributed by atoms with E-state index in [2.05, 4.69) is 22.9 Å². The summed E-state index contributed by atoms with van der Waals surface area (Å²) in [5.41, 5.74) is 13.3. The highest BCUT2D eigenvalue weighted by Crippen LogP contribution is 2.61. The molecular formula is C46H77N5O9. The molecule has 14 nitrogen and oxygen atoms in total. The molecule has 14 heteroatoms. The molecule has 0 amide bonds. The monoisotopic (exact) mass is 844 g/mol. The van der Waals surface area contributed by atoms with E-state index in [0.717, 1.165) is 64.3 Å². The van der Waals surface area contributed by atoms with Gasteiger partial charge in [0.1, 0.15) is 17.5 Å². The smallest absolute Gasteiger partial charge is 0.334 e. The fourth-order valence-corrected chi connectivity index (χ4v) is 14.8. The fourth-order valence-electron chi connectivity index (χ4n) is 14.8. The van der Waals surface area contributed by atoms with Gasteiger partial charge in [0.15, 0.2) is 0 Å². The van der Waals surface area contributed by atoms with Gasteiger partial charge in [0.2, 0.25) is 0 Å². The maximum atomic E-state index is 14.4. The molecule has 60 heavy (non-hydrogen) atoms. The number of rotatable bonds is 9. The van der Waals surface area contributed by atoms with Gasteiger partial charge in [-0.3, -0.25) is 4.79 Å². The summed E-state index contributed by atoms with van der Waals surface area (Å²) in [5, 5.41) is 56.6. The van der Waals surface area contributed by atoms with Crippen LogP contribution in [-0.4, -0.2) is 127 Å². The molecule has 0 aromatic rings. The van der Waals surface area contributed by atoms with Crippen LogP contribution < -0.4 is 27.4 Å². The highest BCUT2D eigenvalue weighted by molar-refractivity contribution is 5.88. The second kappa shape index (κ2) is 18.9. The number of carbonyl (C=O) groups is 2. The second-order valence-corrected chi connectivity index (χ2v) is 20.7. The van der Waals surface area contributed by atoms with E-state index in [1.807, 2.05) is 20.0 Å². The Morgan fingerprint density at radius 1 is 0.933 bits per heavy atom. The summed E-state index contributed by atoms with van der Waals surface area (Å²) in [4.78, 5) is 28.7. The van der Waals surface area contributed by atoms with E-state index in [-0.39, 0.29) is 79.2 Å². The Morgan fingerprint density at radius 2 is 1.72 bits per heavy atom. The molecule has 340 valence electrons. The van der Waals surface area contributed by atoms with Crippen LogP contribution >= 0.6 is 0 Å². The molecular weight excluding hydrogens is 767 g/mol. The maximum absolute atomic E-state index is 14.4. The molecule has 11 N–H and O–H groups in total. The molecule has 8 rings (SSSR count). The van der Waals surface area contributed by atoms with Crippen molar-refractivity contribution in [2.24, 2.45) is 82.5 Å². The van der Waals surface area contributed by atoms with Crippen LogP contribution in [0.25, 0.3) is 0 Å². The Labute approximate surface area is 357 Å². The number of esters is 1. The van der Waals surface area contributed by atoms with Crippen molar-refractivity contribution in [1.82, 2.24) is 16.0 Å². The predicted octanol–water partition coefficient (Wildman–Crippen LogP) is 1.56. The Hall–Kier alpha value is -1.56. The van der Waals surface area contributed by atoms with E-state index in [9.17, 15) is 30.0 Å². The minimum absolute atomic E-state index is 0.000995. The summed E-state index contributed by atoms with van der Waals surface area (Å²) in [6, 6.07) is 0. The molecule has 0 spiro atoms. The molecule has 8 fully saturated rings. The van der Waals surface area contributed by atoms with Crippen LogP contribution in [0.5, 0.6) is 0 Å². The van der Waals surface area contributed by atoms with Crippen molar-refractivity contribution in [2.45, 2.75) is 152 Å². The number of allylic oxidation sites excluding steroid dienone is 1. The predicted molar refractivity (Wildman–Crippen MR) is 225 cm³/mol. The average molecular weight is 844 g/mol. The number of fused-ring (bicyclic) bond motifs is 5. The van der Waals surface area contributed by atoms with Crippen molar-refractivity contribution >= 4 is 11.8 Å². The number of nitrogens with two attached hydrogens (primary N) is 2. The Bertz CT molecular complexity index is 1530. The largest absolute Gasteiger partial charge is 0.456 e. The van der Waals surface area contributed by atoms with Gasteiger partial charge in [-0.25, -0.2) is 4.79 Å². The zero-order valence-electron chi connectivity index (χ0n) is 36.3. The number of carbonyl (C=O) groups excluding carboxylic acids is 2. The van der Waals surface area contributed by atoms with E-state index in [1.165, 1.54) is 0 Å². The number of aliphatic hydroxyl groups excluding tert-OH is 4. The van der Waals surface area contributed by atoms with E-state index in [1.54, 1.807) is 0 Å². The number of nitrogens with one attached hydrogen (secondary N) is 3. The third-order valence-electron chi connectivity index (χ3n) is 17.7. The number of hydrogen-bond acceptors (Lipinski definition) is 14. The van der Waals surface area contributed by atoms with Gasteiger partial charge in [0.05, 0.1) is 55.4 Å². The highest BCUT2D eigenvalue weighted by atomic mass is 16.6. The van der Waals surface area contributed by atoms with Crippen molar-refractivity contribution in [3.63, 3.8) is 0 Å². The average Bonchev–Trinajstić information content (AvgIpc) is 3.28. The van der Waals surface area contributed by atoms with E-state index in [4.69, 9.17) is 25.7 Å². The van der Waals surface area contributed by atoms with Gasteiger partial charge < -0.3 is 62.1 Å². The molecule has 21 atom stereocenters. The molecule has 18 unspecified atom stereocenters. The first kappa shape index (κ1) is 45.0. The van der Waals surface area contributed by atoms with Crippen LogP contribution in [0.3, 0.4) is 0 Å². The molecule has 0 aromatic heterocycles. The van der Waals surface area contributed by atoms with E-state index < -0.39 is 65.9 Å². The Morgan fingerprint density at radius 3 is 2.43 bits per heavy atom. The van der Waals surface area contributed by atoms with Gasteiger partial charge in [-0.05, 0) is 171 Å². The van der Waals surface area contributed by atoms with Crippen LogP contribution in [0.4, 0.5) is 0 Å². The zero-order chi connectivity index (χ0) is 42.5. The number of aliphatic hydroxyl groups is 4. The van der Waals surface area contributed by atoms with Crippen molar-refractivity contribution in [2.75, 3.05) is 39.9 Å². The lowest BCUT2D eigenvalue weighted by Crippen LogP contribution is -2.72.